The highest BCUT2D eigenvalue weighted by molar-refractivity contribution is 5.73. The second kappa shape index (κ2) is 9.26. The average molecular weight is 582 g/mol. The van der Waals surface area contributed by atoms with Crippen LogP contribution in [0.1, 0.15) is 98.5 Å². The van der Waals surface area contributed by atoms with Crippen LogP contribution >= 0.6 is 0 Å². The van der Waals surface area contributed by atoms with Gasteiger partial charge < -0.3 is 19.8 Å². The number of amides is 1. The lowest BCUT2D eigenvalue weighted by Gasteiger charge is -2.63. The van der Waals surface area contributed by atoms with Crippen molar-refractivity contribution < 1.29 is 24.1 Å². The van der Waals surface area contributed by atoms with E-state index in [-0.39, 0.29) is 46.3 Å². The quantitative estimate of drug-likeness (QED) is 0.435. The number of hydrogen-bond donors (Lipinski definition) is 2. The first-order valence-electron chi connectivity index (χ1n) is 16.7. The maximum absolute atomic E-state index is 13.5. The topological polar surface area (TPSA) is 70.0 Å². The molecule has 7 unspecified atom stereocenters. The molecular formula is C36H52FNO4. The van der Waals surface area contributed by atoms with Crippen molar-refractivity contribution in [2.45, 2.75) is 124 Å². The molecule has 6 fully saturated rings. The molecule has 1 aliphatic heterocycles. The van der Waals surface area contributed by atoms with E-state index < -0.39 is 6.10 Å². The van der Waals surface area contributed by atoms with Gasteiger partial charge in [-0.05, 0) is 114 Å². The van der Waals surface area contributed by atoms with E-state index >= 15 is 0 Å². The van der Waals surface area contributed by atoms with Crippen molar-refractivity contribution in [1.29, 1.82) is 0 Å². The summed E-state index contributed by atoms with van der Waals surface area (Å²) in [7, 11) is 0. The maximum Gasteiger partial charge on any atom is 0.219 e. The largest absolute Gasteiger partial charge is 0.393 e. The van der Waals surface area contributed by atoms with Crippen LogP contribution in [-0.2, 0) is 16.1 Å². The summed E-state index contributed by atoms with van der Waals surface area (Å²) < 4.78 is 20.4. The van der Waals surface area contributed by atoms with Gasteiger partial charge in [-0.15, -0.1) is 0 Å². The monoisotopic (exact) mass is 581 g/mol. The van der Waals surface area contributed by atoms with E-state index in [9.17, 15) is 19.4 Å². The number of benzene rings is 1. The van der Waals surface area contributed by atoms with Gasteiger partial charge in [0.15, 0.2) is 0 Å². The van der Waals surface area contributed by atoms with E-state index in [1.807, 2.05) is 4.90 Å². The lowest BCUT2D eigenvalue weighted by molar-refractivity contribution is -0.182. The number of rotatable bonds is 4. The smallest absolute Gasteiger partial charge is 0.219 e. The maximum atomic E-state index is 13.5. The standard InChI is InChI=1S/C36H52FNO4/c1-21-17-25(19-38(22(2)39)18-23-7-9-24(37)10-8-23)42-30-29(21)33(5)15-16-36-20-35(36)14-13-28(40)32(3,4)26(35)11-12-27(36)34(33,6)31(30)41/h7-10,21,25-31,40-41H,11-20H2,1-6H3/t21-,25?,26+,27?,28?,29+,30?,31+,33?,34-,35?,36?/m1/s1. The van der Waals surface area contributed by atoms with E-state index in [0.29, 0.717) is 47.6 Å². The molecule has 0 aromatic heterocycles. The van der Waals surface area contributed by atoms with Crippen molar-refractivity contribution in [2.24, 2.45) is 50.7 Å². The highest BCUT2D eigenvalue weighted by atomic mass is 19.1. The summed E-state index contributed by atoms with van der Waals surface area (Å²) in [5.74, 6) is 1.43. The molecule has 7 rings (SSSR count). The minimum atomic E-state index is -0.529. The normalized spacial score (nSPS) is 50.0. The van der Waals surface area contributed by atoms with E-state index in [4.69, 9.17) is 4.74 Å². The van der Waals surface area contributed by atoms with Gasteiger partial charge in [0.1, 0.15) is 5.82 Å². The molecule has 5 aliphatic carbocycles. The number of aliphatic hydroxyl groups excluding tert-OH is 2. The highest BCUT2D eigenvalue weighted by Crippen LogP contribution is 2.89. The van der Waals surface area contributed by atoms with Gasteiger partial charge in [-0.25, -0.2) is 4.39 Å². The molecule has 2 N–H and O–H groups in total. The van der Waals surface area contributed by atoms with Gasteiger partial charge in [-0.3, -0.25) is 4.79 Å². The zero-order chi connectivity index (χ0) is 30.0. The second-order valence-corrected chi connectivity index (χ2v) is 16.7. The van der Waals surface area contributed by atoms with Gasteiger partial charge in [0.05, 0.1) is 24.4 Å². The van der Waals surface area contributed by atoms with Crippen LogP contribution in [0.25, 0.3) is 0 Å². The van der Waals surface area contributed by atoms with Gasteiger partial charge >= 0.3 is 0 Å². The van der Waals surface area contributed by atoms with Crippen LogP contribution in [0.5, 0.6) is 0 Å². The third-order valence-corrected chi connectivity index (χ3v) is 15.0. The fraction of sp³-hybridized carbons (Fsp3) is 0.806. The van der Waals surface area contributed by atoms with Crippen LogP contribution in [0.15, 0.2) is 24.3 Å². The minimum Gasteiger partial charge on any atom is -0.393 e. The number of nitrogens with zero attached hydrogens (tertiary/aromatic N) is 1. The Labute approximate surface area is 251 Å². The number of ether oxygens (including phenoxy) is 1. The molecule has 12 atom stereocenters. The first kappa shape index (κ1) is 29.2. The molecule has 0 bridgehead atoms. The fourth-order valence-electron chi connectivity index (χ4n) is 12.9. The Balaban J connectivity index is 1.15. The summed E-state index contributed by atoms with van der Waals surface area (Å²) in [6, 6.07) is 6.36. The Kier molecular flexibility index (Phi) is 6.45. The summed E-state index contributed by atoms with van der Waals surface area (Å²) in [6.07, 6.45) is 7.77. The van der Waals surface area contributed by atoms with Crippen LogP contribution in [0, 0.1) is 56.6 Å². The van der Waals surface area contributed by atoms with Crippen LogP contribution in [0.2, 0.25) is 0 Å². The van der Waals surface area contributed by atoms with Crippen molar-refractivity contribution in [3.63, 3.8) is 0 Å². The molecule has 0 radical (unpaired) electrons. The zero-order valence-corrected chi connectivity index (χ0v) is 26.5. The van der Waals surface area contributed by atoms with Crippen LogP contribution in [0.4, 0.5) is 4.39 Å². The molecule has 1 aromatic carbocycles. The molecule has 1 amide bonds. The van der Waals surface area contributed by atoms with E-state index in [1.165, 1.54) is 25.0 Å². The summed E-state index contributed by atoms with van der Waals surface area (Å²) in [6.45, 7) is 14.3. The predicted octanol–water partition coefficient (Wildman–Crippen LogP) is 6.35. The summed E-state index contributed by atoms with van der Waals surface area (Å²) in [4.78, 5) is 14.5. The van der Waals surface area contributed by atoms with E-state index in [2.05, 4.69) is 34.6 Å². The Morgan fingerprint density at radius 2 is 1.67 bits per heavy atom. The highest BCUT2D eigenvalue weighted by Gasteiger charge is 2.84. The SMILES string of the molecule is CC(=O)N(Cc1ccc(F)cc1)CC1C[C@@H](C)[C@H]2C(O1)[C@H](O)[C@@]1(C)C3CC[C@H]4C(C)(C)C(O)CCC45CC35CCC21C. The first-order chi connectivity index (χ1) is 19.7. The third-order valence-electron chi connectivity index (χ3n) is 15.0. The number of fused-ring (bicyclic) bond motifs is 4. The van der Waals surface area contributed by atoms with Crippen molar-refractivity contribution >= 4 is 5.91 Å². The molecule has 232 valence electrons. The van der Waals surface area contributed by atoms with E-state index in [0.717, 1.165) is 44.1 Å². The fourth-order valence-corrected chi connectivity index (χ4v) is 12.9. The van der Waals surface area contributed by atoms with Crippen LogP contribution < -0.4 is 0 Å². The molecule has 1 aromatic rings. The van der Waals surface area contributed by atoms with Crippen LogP contribution in [0.3, 0.4) is 0 Å². The van der Waals surface area contributed by atoms with Gasteiger partial charge in [0.2, 0.25) is 5.91 Å². The predicted molar refractivity (Wildman–Crippen MR) is 160 cm³/mol. The summed E-state index contributed by atoms with van der Waals surface area (Å²) in [5, 5.41) is 23.4. The Morgan fingerprint density at radius 3 is 2.36 bits per heavy atom. The molecule has 42 heavy (non-hydrogen) atoms. The molecule has 1 saturated heterocycles. The third kappa shape index (κ3) is 3.61. The van der Waals surface area contributed by atoms with Gasteiger partial charge in [-0.1, -0.05) is 46.8 Å². The summed E-state index contributed by atoms with van der Waals surface area (Å²) in [5.41, 5.74) is 1.27. The number of halogens is 1. The Hall–Kier alpha value is -1.50. The lowest BCUT2D eigenvalue weighted by atomic mass is 9.41. The number of carbonyl (C=O) groups excluding carboxylic acids is 1. The van der Waals surface area contributed by atoms with Crippen molar-refractivity contribution in [1.82, 2.24) is 4.90 Å². The minimum absolute atomic E-state index is 0.00603. The molecule has 1 heterocycles. The van der Waals surface area contributed by atoms with Crippen molar-refractivity contribution in [2.75, 3.05) is 6.54 Å². The lowest BCUT2D eigenvalue weighted by Crippen LogP contribution is -2.59. The number of carbonyl (C=O) groups is 1. The molecule has 5 nitrogen and oxygen atoms in total. The van der Waals surface area contributed by atoms with Crippen molar-refractivity contribution in [3.8, 4) is 0 Å². The first-order valence-corrected chi connectivity index (χ1v) is 16.7. The number of aliphatic hydroxyl groups is 2. The molecule has 2 spiro atoms. The Morgan fingerprint density at radius 1 is 1.00 bits per heavy atom. The van der Waals surface area contributed by atoms with Gasteiger partial charge in [-0.2, -0.15) is 0 Å². The Bertz CT molecular complexity index is 1250. The average Bonchev–Trinajstić information content (AvgIpc) is 3.57. The summed E-state index contributed by atoms with van der Waals surface area (Å²) >= 11 is 0. The molecule has 5 saturated carbocycles. The van der Waals surface area contributed by atoms with Crippen LogP contribution in [-0.4, -0.2) is 52.0 Å². The number of hydrogen-bond acceptors (Lipinski definition) is 4. The van der Waals surface area contributed by atoms with E-state index in [1.54, 1.807) is 19.1 Å². The molecule has 6 aliphatic rings. The molecule has 6 heteroatoms. The molecular weight excluding hydrogens is 529 g/mol. The van der Waals surface area contributed by atoms with Gasteiger partial charge in [0, 0.05) is 25.4 Å². The second-order valence-electron chi connectivity index (χ2n) is 16.7. The zero-order valence-electron chi connectivity index (χ0n) is 26.5. The van der Waals surface area contributed by atoms with Crippen molar-refractivity contribution in [3.05, 3.63) is 35.6 Å². The van der Waals surface area contributed by atoms with Gasteiger partial charge in [0.25, 0.3) is 0 Å².